The van der Waals surface area contributed by atoms with Crippen LogP contribution in [0.25, 0.3) is 22.3 Å². The topological polar surface area (TPSA) is 91.9 Å². The number of H-pyrrole nitrogens is 1. The van der Waals surface area contributed by atoms with Crippen molar-refractivity contribution in [1.82, 2.24) is 9.97 Å². The second-order valence-electron chi connectivity index (χ2n) is 4.85. The third kappa shape index (κ3) is 2.84. The van der Waals surface area contributed by atoms with Crippen molar-refractivity contribution < 1.29 is 8.42 Å². The van der Waals surface area contributed by atoms with E-state index in [0.29, 0.717) is 28.0 Å². The summed E-state index contributed by atoms with van der Waals surface area (Å²) in [5.41, 5.74) is 1.16. The molecule has 0 spiro atoms. The number of nitrogens with zero attached hydrogens (tertiary/aromatic N) is 1. The zero-order valence-corrected chi connectivity index (χ0v) is 12.5. The lowest BCUT2D eigenvalue weighted by Crippen LogP contribution is -2.13. The number of aromatic nitrogens is 2. The Labute approximate surface area is 126 Å². The number of para-hydroxylation sites is 2. The van der Waals surface area contributed by atoms with Gasteiger partial charge in [-0.2, -0.15) is 0 Å². The van der Waals surface area contributed by atoms with Gasteiger partial charge in [0.15, 0.2) is 0 Å². The van der Waals surface area contributed by atoms with E-state index in [9.17, 15) is 13.2 Å². The zero-order valence-electron chi connectivity index (χ0n) is 11.7. The van der Waals surface area contributed by atoms with Crippen molar-refractivity contribution in [2.45, 2.75) is 0 Å². The summed E-state index contributed by atoms with van der Waals surface area (Å²) in [6.45, 7) is 0. The molecule has 6 nitrogen and oxygen atoms in total. The lowest BCUT2D eigenvalue weighted by molar-refractivity contribution is 0.607. The minimum atomic E-state index is -3.43. The van der Waals surface area contributed by atoms with Crippen molar-refractivity contribution in [2.75, 3.05) is 11.0 Å². The number of benzene rings is 2. The van der Waals surface area contributed by atoms with E-state index in [-0.39, 0.29) is 5.56 Å². The van der Waals surface area contributed by atoms with Crippen molar-refractivity contribution >= 4 is 26.6 Å². The second kappa shape index (κ2) is 5.27. The van der Waals surface area contributed by atoms with Crippen LogP contribution in [0.3, 0.4) is 0 Å². The van der Waals surface area contributed by atoms with Gasteiger partial charge in [-0.3, -0.25) is 9.52 Å². The molecule has 0 atom stereocenters. The average molecular weight is 315 g/mol. The number of rotatable bonds is 3. The van der Waals surface area contributed by atoms with E-state index in [1.807, 2.05) is 0 Å². The number of nitrogens with one attached hydrogen (secondary N) is 2. The third-order valence-corrected chi connectivity index (χ3v) is 3.68. The monoisotopic (exact) mass is 315 g/mol. The van der Waals surface area contributed by atoms with Crippen molar-refractivity contribution in [1.29, 1.82) is 0 Å². The van der Waals surface area contributed by atoms with Crippen LogP contribution < -0.4 is 10.3 Å². The molecule has 0 aliphatic carbocycles. The van der Waals surface area contributed by atoms with Crippen LogP contribution >= 0.6 is 0 Å². The fourth-order valence-electron chi connectivity index (χ4n) is 2.19. The van der Waals surface area contributed by atoms with Gasteiger partial charge in [0.25, 0.3) is 5.56 Å². The Bertz CT molecular complexity index is 1010. The highest BCUT2D eigenvalue weighted by Gasteiger charge is 2.12. The van der Waals surface area contributed by atoms with Gasteiger partial charge in [0.2, 0.25) is 10.0 Å². The van der Waals surface area contributed by atoms with Crippen molar-refractivity contribution in [3.05, 3.63) is 58.9 Å². The summed E-state index contributed by atoms with van der Waals surface area (Å²) in [5, 5.41) is 0.486. The molecule has 0 radical (unpaired) electrons. The molecule has 0 bridgehead atoms. The molecule has 2 N–H and O–H groups in total. The molecule has 0 aliphatic rings. The third-order valence-electron chi connectivity index (χ3n) is 3.09. The number of aromatic amines is 1. The molecule has 1 aromatic heterocycles. The molecule has 0 aliphatic heterocycles. The SMILES string of the molecule is CS(=O)(=O)Nc1ccccc1-c1nc2ccccc2c(=O)[nH]1. The molecule has 7 heteroatoms. The molecule has 3 rings (SSSR count). The maximum atomic E-state index is 12.1. The van der Waals surface area contributed by atoms with Gasteiger partial charge >= 0.3 is 0 Å². The van der Waals surface area contributed by atoms with Crippen LogP contribution in [0.15, 0.2) is 53.3 Å². The summed E-state index contributed by atoms with van der Waals surface area (Å²) in [7, 11) is -3.43. The highest BCUT2D eigenvalue weighted by atomic mass is 32.2. The Morgan fingerprint density at radius 2 is 1.73 bits per heavy atom. The summed E-state index contributed by atoms with van der Waals surface area (Å²) in [6, 6.07) is 13.7. The molecule has 112 valence electrons. The van der Waals surface area contributed by atoms with E-state index >= 15 is 0 Å². The number of sulfonamides is 1. The van der Waals surface area contributed by atoms with Crippen LogP contribution in [0.2, 0.25) is 0 Å². The molecule has 0 fully saturated rings. The lowest BCUT2D eigenvalue weighted by Gasteiger charge is -2.10. The maximum Gasteiger partial charge on any atom is 0.259 e. The standard InChI is InChI=1S/C15H13N3O3S/c1-22(20,21)18-13-9-5-2-6-10(13)14-16-12-8-4-3-7-11(12)15(19)17-14/h2-9,18H,1H3,(H,16,17,19). The van der Waals surface area contributed by atoms with Gasteiger partial charge in [-0.25, -0.2) is 13.4 Å². The first-order valence-electron chi connectivity index (χ1n) is 6.50. The summed E-state index contributed by atoms with van der Waals surface area (Å²) in [5.74, 6) is 0.315. The minimum Gasteiger partial charge on any atom is -0.306 e. The Kier molecular flexibility index (Phi) is 3.42. The van der Waals surface area contributed by atoms with E-state index in [1.165, 1.54) is 0 Å². The molecule has 22 heavy (non-hydrogen) atoms. The van der Waals surface area contributed by atoms with E-state index in [2.05, 4.69) is 14.7 Å². The van der Waals surface area contributed by atoms with E-state index in [1.54, 1.807) is 48.5 Å². The van der Waals surface area contributed by atoms with Crippen LogP contribution in [0, 0.1) is 0 Å². The lowest BCUT2D eigenvalue weighted by atomic mass is 10.1. The predicted molar refractivity (Wildman–Crippen MR) is 86.3 cm³/mol. The fraction of sp³-hybridized carbons (Fsp3) is 0.0667. The van der Waals surface area contributed by atoms with Gasteiger partial charge < -0.3 is 4.98 Å². The zero-order chi connectivity index (χ0) is 15.7. The number of hydrogen-bond acceptors (Lipinski definition) is 4. The Hall–Kier alpha value is -2.67. The normalized spacial score (nSPS) is 11.5. The predicted octanol–water partition coefficient (Wildman–Crippen LogP) is 1.96. The van der Waals surface area contributed by atoms with Gasteiger partial charge in [-0.05, 0) is 24.3 Å². The molecule has 3 aromatic rings. The van der Waals surface area contributed by atoms with Crippen molar-refractivity contribution in [3.63, 3.8) is 0 Å². The van der Waals surface area contributed by atoms with Crippen LogP contribution in [0.5, 0.6) is 0 Å². The minimum absolute atomic E-state index is 0.269. The Morgan fingerprint density at radius 3 is 2.50 bits per heavy atom. The summed E-state index contributed by atoms with van der Waals surface area (Å²) in [4.78, 5) is 19.2. The van der Waals surface area contributed by atoms with E-state index < -0.39 is 10.0 Å². The van der Waals surface area contributed by atoms with Gasteiger partial charge in [0.1, 0.15) is 5.82 Å². The molecule has 0 saturated carbocycles. The van der Waals surface area contributed by atoms with Crippen LogP contribution in [0.4, 0.5) is 5.69 Å². The summed E-state index contributed by atoms with van der Waals surface area (Å²) in [6.07, 6.45) is 1.07. The highest BCUT2D eigenvalue weighted by molar-refractivity contribution is 7.92. The maximum absolute atomic E-state index is 12.1. The summed E-state index contributed by atoms with van der Waals surface area (Å²) >= 11 is 0. The van der Waals surface area contributed by atoms with E-state index in [0.717, 1.165) is 6.26 Å². The van der Waals surface area contributed by atoms with Crippen LogP contribution in [-0.4, -0.2) is 24.6 Å². The molecule has 2 aromatic carbocycles. The van der Waals surface area contributed by atoms with Gasteiger partial charge in [-0.15, -0.1) is 0 Å². The fourth-order valence-corrected chi connectivity index (χ4v) is 2.77. The average Bonchev–Trinajstić information content (AvgIpc) is 2.46. The first-order chi connectivity index (χ1) is 10.4. The number of anilines is 1. The van der Waals surface area contributed by atoms with Gasteiger partial charge in [0, 0.05) is 5.56 Å². The van der Waals surface area contributed by atoms with Crippen molar-refractivity contribution in [2.24, 2.45) is 0 Å². The van der Waals surface area contributed by atoms with Gasteiger partial charge in [0.05, 0.1) is 22.8 Å². The first-order valence-corrected chi connectivity index (χ1v) is 8.39. The molecule has 0 saturated heterocycles. The van der Waals surface area contributed by atoms with Crippen molar-refractivity contribution in [3.8, 4) is 11.4 Å². The van der Waals surface area contributed by atoms with Crippen LogP contribution in [0.1, 0.15) is 0 Å². The molecular formula is C15H13N3O3S. The second-order valence-corrected chi connectivity index (χ2v) is 6.60. The molecular weight excluding hydrogens is 302 g/mol. The molecule has 0 unspecified atom stereocenters. The van der Waals surface area contributed by atoms with E-state index in [4.69, 9.17) is 0 Å². The molecule has 0 amide bonds. The number of fused-ring (bicyclic) bond motifs is 1. The number of hydrogen-bond donors (Lipinski definition) is 2. The van der Waals surface area contributed by atoms with Gasteiger partial charge in [-0.1, -0.05) is 24.3 Å². The quantitative estimate of drug-likeness (QED) is 0.773. The highest BCUT2D eigenvalue weighted by Crippen LogP contribution is 2.25. The smallest absolute Gasteiger partial charge is 0.259 e. The largest absolute Gasteiger partial charge is 0.306 e. The molecule has 1 heterocycles. The summed E-state index contributed by atoms with van der Waals surface area (Å²) < 4.78 is 25.3. The first kappa shape index (κ1) is 14.3. The Morgan fingerprint density at radius 1 is 1.05 bits per heavy atom. The Balaban J connectivity index is 2.22. The van der Waals surface area contributed by atoms with Crippen LogP contribution in [-0.2, 0) is 10.0 Å².